The molecule has 0 aliphatic rings. The van der Waals surface area contributed by atoms with Gasteiger partial charge >= 0.3 is 0 Å². The number of nitrogens with zero attached hydrogens (tertiary/aromatic N) is 6. The van der Waals surface area contributed by atoms with E-state index in [1.54, 1.807) is 106 Å². The average molecular weight is 1090 g/mol. The Morgan fingerprint density at radius 3 is 1.19 bits per heavy atom. The van der Waals surface area contributed by atoms with Crippen molar-refractivity contribution in [2.24, 2.45) is 29.2 Å². The first kappa shape index (κ1) is 58.8. The standard InChI is InChI=1S/C19H17F2N3O3.C19H15F2N3O2.C19H19F2N3O.CH4/c20-8-12(9-21)10-23-11-17(13-2-1-3-14(6-13)19(22)25)16-5-4-15(24(26)27)7-18(16)23;20-8-14(9-21)11-23-12-18(15-3-1-2-13(6-15)10-22)17-5-4-16(24(25)26)7-19(17)23;20-8-12(9-21)10-24-11-17(16-5-4-15(22)7-18(16)24)13-2-1-3-14(6-13)19(23)25;/h1-7,11-12H,8-10H2,(H2,22,25);1-7,12,14H,8-9,11H2;1-7,11-12H,8-10,22H2,(H2,23,25);1H4. The van der Waals surface area contributed by atoms with Crippen LogP contribution in [0.15, 0.2) is 146 Å². The van der Waals surface area contributed by atoms with Crippen LogP contribution in [-0.4, -0.2) is 75.4 Å². The highest BCUT2D eigenvalue weighted by molar-refractivity contribution is 6.01. The number of halogens is 6. The Morgan fingerprint density at radius 1 is 0.506 bits per heavy atom. The summed E-state index contributed by atoms with van der Waals surface area (Å²) in [5.41, 5.74) is 24.5. The number of nitrogen functional groups attached to an aromatic ring is 1. The van der Waals surface area contributed by atoms with Crippen molar-refractivity contribution >= 4 is 61.6 Å². The Kier molecular flexibility index (Phi) is 19.8. The number of primary amides is 2. The molecule has 0 unspecified atom stereocenters. The molecule has 0 atom stereocenters. The SMILES string of the molecule is C.N#Cc1cccc(-c2cn(CC(CF)CF)c3cc([N+](=O)[O-])ccc23)c1.NC(=O)c1cccc(-c2cn(CC(CF)CF)c3cc(N)ccc23)c1.NC(=O)c1cccc(-c2cn(CC(CF)CF)c3cc([N+](=O)[O-])ccc23)c1. The van der Waals surface area contributed by atoms with Crippen molar-refractivity contribution in [3.8, 4) is 39.4 Å². The molecule has 0 bridgehead atoms. The number of alkyl halides is 6. The molecule has 0 fully saturated rings. The summed E-state index contributed by atoms with van der Waals surface area (Å²) in [6, 6.07) is 36.8. The highest BCUT2D eigenvalue weighted by Crippen LogP contribution is 2.37. The van der Waals surface area contributed by atoms with Crippen LogP contribution in [-0.2, 0) is 19.6 Å². The maximum atomic E-state index is 13.0. The fourth-order valence-corrected chi connectivity index (χ4v) is 8.93. The van der Waals surface area contributed by atoms with E-state index in [-0.39, 0.29) is 38.4 Å². The number of nitro benzene ring substituents is 2. The molecule has 2 amide bonds. The smallest absolute Gasteiger partial charge is 0.271 e. The average Bonchev–Trinajstić information content (AvgIpc) is 4.25. The number of non-ortho nitro benzene ring substituents is 2. The summed E-state index contributed by atoms with van der Waals surface area (Å²) < 4.78 is 83.0. The number of carbonyl (C=O) groups excluding carboxylic acids is 2. The molecule has 0 radical (unpaired) electrons. The summed E-state index contributed by atoms with van der Waals surface area (Å²) >= 11 is 0. The van der Waals surface area contributed by atoms with Gasteiger partial charge in [0.1, 0.15) is 0 Å². The van der Waals surface area contributed by atoms with Crippen LogP contribution in [0.3, 0.4) is 0 Å². The third-order valence-electron chi connectivity index (χ3n) is 13.0. The lowest BCUT2D eigenvalue weighted by Gasteiger charge is -2.11. The maximum Gasteiger partial charge on any atom is 0.271 e. The van der Waals surface area contributed by atoms with E-state index in [0.29, 0.717) is 49.9 Å². The number of amides is 2. The van der Waals surface area contributed by atoms with Gasteiger partial charge in [-0.1, -0.05) is 49.9 Å². The number of hydrogen-bond acceptors (Lipinski definition) is 8. The molecule has 0 saturated carbocycles. The Bertz CT molecular complexity index is 3690. The van der Waals surface area contributed by atoms with Gasteiger partial charge in [0.05, 0.1) is 78.1 Å². The van der Waals surface area contributed by atoms with Crippen molar-refractivity contribution in [3.63, 3.8) is 0 Å². The van der Waals surface area contributed by atoms with Crippen molar-refractivity contribution in [2.45, 2.75) is 27.1 Å². The van der Waals surface area contributed by atoms with E-state index >= 15 is 0 Å². The molecule has 9 aromatic rings. The largest absolute Gasteiger partial charge is 0.399 e. The van der Waals surface area contributed by atoms with Gasteiger partial charge in [0, 0.05) is 130 Å². The van der Waals surface area contributed by atoms with Crippen LogP contribution in [0.5, 0.6) is 0 Å². The minimum Gasteiger partial charge on any atom is -0.399 e. The van der Waals surface area contributed by atoms with Gasteiger partial charge in [0.25, 0.3) is 11.4 Å². The topological polar surface area (TPSA) is 237 Å². The van der Waals surface area contributed by atoms with Gasteiger partial charge < -0.3 is 30.9 Å². The van der Waals surface area contributed by atoms with Gasteiger partial charge in [-0.15, -0.1) is 0 Å². The molecule has 3 heterocycles. The molecule has 0 aliphatic carbocycles. The Morgan fingerprint density at radius 2 is 0.848 bits per heavy atom. The predicted molar refractivity (Wildman–Crippen MR) is 295 cm³/mol. The highest BCUT2D eigenvalue weighted by atomic mass is 19.2. The van der Waals surface area contributed by atoms with E-state index < -0.39 is 79.5 Å². The van der Waals surface area contributed by atoms with E-state index in [0.717, 1.165) is 38.5 Å². The Balaban J connectivity index is 0.000000190. The van der Waals surface area contributed by atoms with Crippen molar-refractivity contribution in [1.82, 2.24) is 13.7 Å². The molecule has 9 rings (SSSR count). The van der Waals surface area contributed by atoms with Crippen LogP contribution in [0.2, 0.25) is 0 Å². The maximum absolute atomic E-state index is 13.0. The molecule has 410 valence electrons. The van der Waals surface area contributed by atoms with E-state index in [2.05, 4.69) is 6.07 Å². The molecule has 0 aliphatic heterocycles. The zero-order valence-corrected chi connectivity index (χ0v) is 41.6. The summed E-state index contributed by atoms with van der Waals surface area (Å²) in [4.78, 5) is 44.1. The van der Waals surface area contributed by atoms with Crippen LogP contribution in [0.1, 0.15) is 33.7 Å². The number of rotatable bonds is 19. The first-order valence-electron chi connectivity index (χ1n) is 24.1. The second-order valence-electron chi connectivity index (χ2n) is 18.4. The zero-order chi connectivity index (χ0) is 56.2. The molecule has 6 aromatic carbocycles. The number of fused-ring (bicyclic) bond motifs is 3. The lowest BCUT2D eigenvalue weighted by molar-refractivity contribution is -0.384. The van der Waals surface area contributed by atoms with Gasteiger partial charge in [0.15, 0.2) is 0 Å². The van der Waals surface area contributed by atoms with Crippen LogP contribution in [0.25, 0.3) is 66.1 Å². The fourth-order valence-electron chi connectivity index (χ4n) is 8.93. The van der Waals surface area contributed by atoms with Crippen molar-refractivity contribution in [3.05, 3.63) is 183 Å². The highest BCUT2D eigenvalue weighted by Gasteiger charge is 2.21. The predicted octanol–water partition coefficient (Wildman–Crippen LogP) is 12.7. The van der Waals surface area contributed by atoms with Gasteiger partial charge in [-0.2, -0.15) is 5.26 Å². The number of carbonyl (C=O) groups is 2. The number of nitrogens with two attached hydrogens (primary N) is 3. The summed E-state index contributed by atoms with van der Waals surface area (Å²) in [5.74, 6) is -3.45. The van der Waals surface area contributed by atoms with E-state index in [1.165, 1.54) is 24.3 Å². The minimum absolute atomic E-state index is 0. The molecule has 0 spiro atoms. The van der Waals surface area contributed by atoms with Gasteiger partial charge in [-0.25, -0.2) is 0 Å². The molecule has 15 nitrogen and oxygen atoms in total. The fraction of sp³-hybridized carbons (Fsp3) is 0.224. The van der Waals surface area contributed by atoms with Gasteiger partial charge in [-0.3, -0.25) is 56.2 Å². The number of aromatic nitrogens is 3. The molecular weight excluding hydrogens is 1030 g/mol. The summed E-state index contributed by atoms with van der Waals surface area (Å²) in [7, 11) is 0. The van der Waals surface area contributed by atoms with Crippen LogP contribution >= 0.6 is 0 Å². The minimum atomic E-state index is -0.843. The summed E-state index contributed by atoms with van der Waals surface area (Å²) in [5, 5.41) is 33.6. The Hall–Kier alpha value is -9.45. The number of nitro groups is 2. The number of hydrogen-bond donors (Lipinski definition) is 3. The lowest BCUT2D eigenvalue weighted by atomic mass is 10.0. The van der Waals surface area contributed by atoms with Crippen molar-refractivity contribution in [2.75, 3.05) is 45.8 Å². The molecule has 79 heavy (non-hydrogen) atoms. The first-order valence-corrected chi connectivity index (χ1v) is 24.1. The third kappa shape index (κ3) is 13.6. The molecular formula is C58H55F6N9O6. The Labute approximate surface area is 449 Å². The van der Waals surface area contributed by atoms with Crippen LogP contribution in [0.4, 0.5) is 43.4 Å². The second kappa shape index (κ2) is 26.5. The third-order valence-corrected chi connectivity index (χ3v) is 13.0. The van der Waals surface area contributed by atoms with Crippen LogP contribution < -0.4 is 17.2 Å². The lowest BCUT2D eigenvalue weighted by Crippen LogP contribution is -2.14. The molecule has 6 N–H and O–H groups in total. The summed E-state index contributed by atoms with van der Waals surface area (Å²) in [6.45, 7) is -4.44. The zero-order valence-electron chi connectivity index (χ0n) is 41.6. The quantitative estimate of drug-likeness (QED) is 0.0304. The normalized spacial score (nSPS) is 11.0. The van der Waals surface area contributed by atoms with Gasteiger partial charge in [0.2, 0.25) is 11.8 Å². The monoisotopic (exact) mass is 1090 g/mol. The second-order valence-corrected chi connectivity index (χ2v) is 18.4. The van der Waals surface area contributed by atoms with E-state index in [4.69, 9.17) is 22.5 Å². The van der Waals surface area contributed by atoms with Crippen molar-refractivity contribution in [1.29, 1.82) is 5.26 Å². The van der Waals surface area contributed by atoms with Crippen LogP contribution in [0, 0.1) is 49.3 Å². The molecule has 3 aromatic heterocycles. The van der Waals surface area contributed by atoms with E-state index in [9.17, 15) is 56.2 Å². The molecule has 0 saturated heterocycles. The number of nitriles is 1. The summed E-state index contributed by atoms with van der Waals surface area (Å²) in [6.07, 6.45) is 5.25. The number of benzene rings is 6. The van der Waals surface area contributed by atoms with Gasteiger partial charge in [-0.05, 0) is 77.4 Å². The first-order chi connectivity index (χ1) is 37.5. The molecule has 21 heteroatoms. The van der Waals surface area contributed by atoms with Crippen molar-refractivity contribution < 1.29 is 45.8 Å². The number of anilines is 1. The van der Waals surface area contributed by atoms with E-state index in [1.807, 2.05) is 29.0 Å².